The Morgan fingerprint density at radius 2 is 1.53 bits per heavy atom. The number of hydrogen-bond acceptors (Lipinski definition) is 6. The number of rotatable bonds is 9. The lowest BCUT2D eigenvalue weighted by molar-refractivity contribution is -0.138. The van der Waals surface area contributed by atoms with Crippen LogP contribution in [-0.2, 0) is 25.8 Å². The molecular formula is C33H33F5N6O3. The number of carbonyl (C=O) groups is 1. The zero-order valence-corrected chi connectivity index (χ0v) is 25.4. The van der Waals surface area contributed by atoms with E-state index in [-0.39, 0.29) is 48.7 Å². The molecule has 0 saturated carbocycles. The Balaban J connectivity index is 1.52. The lowest BCUT2D eigenvalue weighted by Gasteiger charge is -2.37. The summed E-state index contributed by atoms with van der Waals surface area (Å²) in [7, 11) is 0. The molecule has 2 heterocycles. The van der Waals surface area contributed by atoms with Crippen molar-refractivity contribution >= 4 is 11.6 Å². The number of primary amides is 1. The molecule has 4 N–H and O–H groups in total. The third kappa shape index (κ3) is 6.98. The maximum Gasteiger partial charge on any atom is 0.416 e. The number of anilines is 1. The summed E-state index contributed by atoms with van der Waals surface area (Å²) in [6.07, 6.45) is -4.89. The zero-order chi connectivity index (χ0) is 34.0. The van der Waals surface area contributed by atoms with Crippen molar-refractivity contribution in [2.24, 2.45) is 11.5 Å². The van der Waals surface area contributed by atoms with Crippen molar-refractivity contribution in [1.82, 2.24) is 14.0 Å². The average molecular weight is 657 g/mol. The van der Waals surface area contributed by atoms with E-state index in [0.29, 0.717) is 18.7 Å². The molecular weight excluding hydrogens is 623 g/mol. The SMILES string of the molecule is Cc1c(N2CCN(Cc3cccc(C(N)=O)c3F)CC2)c(=O)n(C[C@@H](N)c2ccccc2)c(=O)n1Cc1c(F)cccc1C(F)(F)F. The molecule has 9 nitrogen and oxygen atoms in total. The van der Waals surface area contributed by atoms with Crippen LogP contribution in [0.15, 0.2) is 76.3 Å². The van der Waals surface area contributed by atoms with E-state index < -0.39 is 58.7 Å². The number of benzene rings is 3. The van der Waals surface area contributed by atoms with Gasteiger partial charge >= 0.3 is 11.9 Å². The molecule has 248 valence electrons. The molecule has 0 spiro atoms. The van der Waals surface area contributed by atoms with Gasteiger partial charge in [-0.2, -0.15) is 13.2 Å². The van der Waals surface area contributed by atoms with Gasteiger partial charge in [-0.15, -0.1) is 0 Å². The van der Waals surface area contributed by atoms with Crippen LogP contribution in [-0.4, -0.2) is 46.1 Å². The number of piperazine rings is 1. The maximum absolute atomic E-state index is 14.9. The van der Waals surface area contributed by atoms with E-state index in [2.05, 4.69) is 0 Å². The number of nitrogens with zero attached hydrogens (tertiary/aromatic N) is 4. The fraction of sp³-hybridized carbons (Fsp3) is 0.303. The van der Waals surface area contributed by atoms with Crippen molar-refractivity contribution in [3.05, 3.63) is 133 Å². The summed E-state index contributed by atoms with van der Waals surface area (Å²) >= 11 is 0. The van der Waals surface area contributed by atoms with E-state index >= 15 is 0 Å². The molecule has 5 rings (SSSR count). The van der Waals surface area contributed by atoms with E-state index in [4.69, 9.17) is 11.5 Å². The minimum absolute atomic E-state index is 0.0644. The fourth-order valence-electron chi connectivity index (χ4n) is 5.91. The van der Waals surface area contributed by atoms with Crippen LogP contribution in [0, 0.1) is 18.6 Å². The maximum atomic E-state index is 14.9. The highest BCUT2D eigenvalue weighted by molar-refractivity contribution is 5.93. The smallest absolute Gasteiger partial charge is 0.366 e. The third-order valence-electron chi connectivity index (χ3n) is 8.43. The number of halogens is 5. The Hall–Kier alpha value is -4.82. The van der Waals surface area contributed by atoms with Crippen LogP contribution in [0.5, 0.6) is 0 Å². The molecule has 1 saturated heterocycles. The van der Waals surface area contributed by atoms with Crippen LogP contribution in [0.25, 0.3) is 0 Å². The molecule has 0 unspecified atom stereocenters. The second-order valence-electron chi connectivity index (χ2n) is 11.4. The van der Waals surface area contributed by atoms with Gasteiger partial charge in [0.2, 0.25) is 0 Å². The fourth-order valence-corrected chi connectivity index (χ4v) is 5.91. The number of alkyl halides is 3. The first-order valence-electron chi connectivity index (χ1n) is 14.8. The van der Waals surface area contributed by atoms with E-state index in [1.165, 1.54) is 19.1 Å². The van der Waals surface area contributed by atoms with Gasteiger partial charge in [-0.25, -0.2) is 13.6 Å². The molecule has 1 fully saturated rings. The first-order valence-corrected chi connectivity index (χ1v) is 14.8. The van der Waals surface area contributed by atoms with Crippen LogP contribution in [0.1, 0.15) is 44.3 Å². The van der Waals surface area contributed by atoms with Crippen LogP contribution in [0.4, 0.5) is 27.6 Å². The Morgan fingerprint density at radius 3 is 2.17 bits per heavy atom. The minimum Gasteiger partial charge on any atom is -0.366 e. The number of aromatic nitrogens is 2. The molecule has 0 aliphatic carbocycles. The molecule has 14 heteroatoms. The van der Waals surface area contributed by atoms with Gasteiger partial charge in [-0.05, 0) is 30.7 Å². The molecule has 1 aromatic heterocycles. The summed E-state index contributed by atoms with van der Waals surface area (Å²) < 4.78 is 73.4. The minimum atomic E-state index is -4.89. The average Bonchev–Trinajstić information content (AvgIpc) is 3.03. The molecule has 3 aromatic carbocycles. The number of amides is 1. The van der Waals surface area contributed by atoms with E-state index in [0.717, 1.165) is 27.3 Å². The highest BCUT2D eigenvalue weighted by Gasteiger charge is 2.35. The van der Waals surface area contributed by atoms with Crippen molar-refractivity contribution in [3.63, 3.8) is 0 Å². The first-order chi connectivity index (χ1) is 22.3. The molecule has 1 amide bonds. The summed E-state index contributed by atoms with van der Waals surface area (Å²) in [6.45, 7) is 1.69. The Bertz CT molecular complexity index is 1900. The van der Waals surface area contributed by atoms with Crippen LogP contribution < -0.4 is 27.6 Å². The van der Waals surface area contributed by atoms with Crippen molar-refractivity contribution in [2.75, 3.05) is 31.1 Å². The lowest BCUT2D eigenvalue weighted by atomic mass is 10.1. The van der Waals surface area contributed by atoms with Crippen LogP contribution in [0.2, 0.25) is 0 Å². The van der Waals surface area contributed by atoms with Crippen LogP contribution in [0.3, 0.4) is 0 Å². The third-order valence-corrected chi connectivity index (χ3v) is 8.43. The standard InChI is InChI=1S/C33H33F5N6O3/c1-20-29(42-15-13-41(14-16-42)17-22-9-5-10-23(28(22)35)30(40)45)31(46)44(19-27(39)21-7-3-2-4-8-21)32(47)43(20)18-24-25(33(36,37)38)11-6-12-26(24)34/h2-12,27H,13-19,39H2,1H3,(H2,40,45)/t27-/m1/s1. The zero-order valence-electron chi connectivity index (χ0n) is 25.4. The van der Waals surface area contributed by atoms with Gasteiger partial charge in [0, 0.05) is 55.6 Å². The topological polar surface area (TPSA) is 120 Å². The molecule has 4 aromatic rings. The normalized spacial score (nSPS) is 14.7. The molecule has 1 atom stereocenters. The summed E-state index contributed by atoms with van der Waals surface area (Å²) in [5, 5.41) is 0. The number of nitrogens with two attached hydrogens (primary N) is 2. The van der Waals surface area contributed by atoms with Gasteiger partial charge in [0.1, 0.15) is 17.3 Å². The lowest BCUT2D eigenvalue weighted by Crippen LogP contribution is -2.51. The molecule has 1 aliphatic heterocycles. The van der Waals surface area contributed by atoms with Gasteiger partial charge in [0.15, 0.2) is 0 Å². The van der Waals surface area contributed by atoms with E-state index in [1.54, 1.807) is 41.3 Å². The first kappa shape index (κ1) is 33.5. The molecule has 1 aliphatic rings. The largest absolute Gasteiger partial charge is 0.416 e. The molecule has 0 radical (unpaired) electrons. The highest BCUT2D eigenvalue weighted by Crippen LogP contribution is 2.33. The van der Waals surface area contributed by atoms with Crippen LogP contribution >= 0.6 is 0 Å². The second kappa shape index (κ2) is 13.5. The number of carbonyl (C=O) groups excluding carboxylic acids is 1. The van der Waals surface area contributed by atoms with Crippen molar-refractivity contribution in [2.45, 2.75) is 38.8 Å². The van der Waals surface area contributed by atoms with Crippen molar-refractivity contribution in [1.29, 1.82) is 0 Å². The summed E-state index contributed by atoms with van der Waals surface area (Å²) in [4.78, 5) is 43.0. The number of hydrogen-bond donors (Lipinski definition) is 2. The summed E-state index contributed by atoms with van der Waals surface area (Å²) in [5.41, 5.74) is 8.86. The van der Waals surface area contributed by atoms with Crippen molar-refractivity contribution in [3.8, 4) is 0 Å². The van der Waals surface area contributed by atoms with Gasteiger partial charge in [-0.1, -0.05) is 48.5 Å². The van der Waals surface area contributed by atoms with E-state index in [9.17, 15) is 36.3 Å². The molecule has 0 bridgehead atoms. The predicted octanol–water partition coefficient (Wildman–Crippen LogP) is 3.78. The van der Waals surface area contributed by atoms with Gasteiger partial charge in [0.25, 0.3) is 11.5 Å². The highest BCUT2D eigenvalue weighted by atomic mass is 19.4. The van der Waals surface area contributed by atoms with Gasteiger partial charge in [0.05, 0.1) is 24.2 Å². The monoisotopic (exact) mass is 656 g/mol. The predicted molar refractivity (Wildman–Crippen MR) is 166 cm³/mol. The Morgan fingerprint density at radius 1 is 0.872 bits per heavy atom. The van der Waals surface area contributed by atoms with E-state index in [1.807, 2.05) is 4.90 Å². The quantitative estimate of drug-likeness (QED) is 0.265. The second-order valence-corrected chi connectivity index (χ2v) is 11.4. The Labute approximate surface area is 266 Å². The van der Waals surface area contributed by atoms with Gasteiger partial charge in [-0.3, -0.25) is 23.6 Å². The Kier molecular flexibility index (Phi) is 9.63. The summed E-state index contributed by atoms with van der Waals surface area (Å²) in [6, 6.07) is 14.8. The summed E-state index contributed by atoms with van der Waals surface area (Å²) in [5.74, 6) is -2.75. The van der Waals surface area contributed by atoms with Gasteiger partial charge < -0.3 is 16.4 Å². The van der Waals surface area contributed by atoms with Crippen molar-refractivity contribution < 1.29 is 26.7 Å². The molecule has 47 heavy (non-hydrogen) atoms.